The van der Waals surface area contributed by atoms with Crippen molar-refractivity contribution in [3.05, 3.63) is 120 Å². The van der Waals surface area contributed by atoms with Crippen molar-refractivity contribution in [1.82, 2.24) is 0 Å². The fraction of sp³-hybridized carbons (Fsp3) is 0.130. The molecule has 1 aliphatic rings. The summed E-state index contributed by atoms with van der Waals surface area (Å²) in [5, 5.41) is 0. The van der Waals surface area contributed by atoms with Gasteiger partial charge in [-0.3, -0.25) is 0 Å². The number of rotatable bonds is 2. The van der Waals surface area contributed by atoms with E-state index in [1.807, 2.05) is 60.7 Å². The van der Waals surface area contributed by atoms with Crippen molar-refractivity contribution in [1.29, 1.82) is 0 Å². The molecule has 0 spiro atoms. The van der Waals surface area contributed by atoms with Crippen molar-refractivity contribution in [2.45, 2.75) is 18.3 Å². The second kappa shape index (κ2) is 11.1. The molecule has 0 aromatic heterocycles. The van der Waals surface area contributed by atoms with Gasteiger partial charge in [-0.25, -0.2) is 48.5 Å². The van der Waals surface area contributed by atoms with Crippen LogP contribution in [0.2, 0.25) is 0 Å². The minimum atomic E-state index is 0. The molecule has 134 valence electrons. The first kappa shape index (κ1) is 21.5. The second-order valence-corrected chi connectivity index (χ2v) is 5.85. The van der Waals surface area contributed by atoms with Gasteiger partial charge in [0.2, 0.25) is 0 Å². The molecule has 4 aromatic rings. The Hall–Kier alpha value is -1.56. The third-order valence-corrected chi connectivity index (χ3v) is 4.29. The predicted molar refractivity (Wildman–Crippen MR) is 98.2 cm³/mol. The van der Waals surface area contributed by atoms with Gasteiger partial charge in [0.15, 0.2) is 0 Å². The minimum absolute atomic E-state index is 0. The molecule has 0 amide bonds. The van der Waals surface area contributed by atoms with E-state index in [9.17, 15) is 0 Å². The molecule has 0 aliphatic heterocycles. The van der Waals surface area contributed by atoms with Gasteiger partial charge in [-0.1, -0.05) is 18.3 Å². The molecule has 0 heterocycles. The van der Waals surface area contributed by atoms with Gasteiger partial charge in [0.1, 0.15) is 0 Å². The molecular formula is C23H22Fe2-4. The minimum Gasteiger partial charge on any atom is -0.214 e. The molecule has 25 heavy (non-hydrogen) atoms. The zero-order chi connectivity index (χ0) is 15.8. The summed E-state index contributed by atoms with van der Waals surface area (Å²) in [6.45, 7) is 0. The van der Waals surface area contributed by atoms with Crippen molar-refractivity contribution in [2.24, 2.45) is 0 Å². The van der Waals surface area contributed by atoms with E-state index in [0.717, 1.165) is 0 Å². The zero-order valence-corrected chi connectivity index (χ0v) is 16.2. The molecule has 2 heteroatoms. The van der Waals surface area contributed by atoms with Crippen LogP contribution in [-0.4, -0.2) is 0 Å². The molecule has 1 aliphatic carbocycles. The van der Waals surface area contributed by atoms with E-state index in [-0.39, 0.29) is 34.1 Å². The summed E-state index contributed by atoms with van der Waals surface area (Å²) in [5.41, 5.74) is 3.39. The van der Waals surface area contributed by atoms with Crippen molar-refractivity contribution >= 4 is 0 Å². The summed E-state index contributed by atoms with van der Waals surface area (Å²) < 4.78 is 0. The van der Waals surface area contributed by atoms with Crippen LogP contribution in [0.5, 0.6) is 0 Å². The number of hydrogen-bond donors (Lipinski definition) is 0. The van der Waals surface area contributed by atoms with Crippen LogP contribution in [0.4, 0.5) is 0 Å². The average Bonchev–Trinajstić information content (AvgIpc) is 3.30. The Morgan fingerprint density at radius 2 is 0.840 bits per heavy atom. The fourth-order valence-corrected chi connectivity index (χ4v) is 2.90. The van der Waals surface area contributed by atoms with Crippen LogP contribution in [0.3, 0.4) is 0 Å². The van der Waals surface area contributed by atoms with Crippen LogP contribution >= 0.6 is 0 Å². The Balaban J connectivity index is 0.000000219. The van der Waals surface area contributed by atoms with Crippen molar-refractivity contribution in [3.8, 4) is 0 Å². The van der Waals surface area contributed by atoms with Crippen LogP contribution < -0.4 is 0 Å². The third-order valence-electron chi connectivity index (χ3n) is 4.29. The van der Waals surface area contributed by atoms with E-state index in [1.165, 1.54) is 24.0 Å². The molecule has 0 atom stereocenters. The molecule has 4 aromatic carbocycles. The monoisotopic (exact) mass is 410 g/mol. The van der Waals surface area contributed by atoms with E-state index in [0.29, 0.717) is 5.41 Å². The Morgan fingerprint density at radius 1 is 0.520 bits per heavy atom. The van der Waals surface area contributed by atoms with E-state index >= 15 is 0 Å². The molecule has 0 N–H and O–H groups in total. The first-order valence-corrected chi connectivity index (χ1v) is 8.20. The largest absolute Gasteiger partial charge is 0.214 e. The molecule has 0 nitrogen and oxygen atoms in total. The quantitative estimate of drug-likeness (QED) is 0.281. The maximum absolute atomic E-state index is 2.25. The molecule has 1 fully saturated rings. The zero-order valence-electron chi connectivity index (χ0n) is 14.0. The Morgan fingerprint density at radius 3 is 1.04 bits per heavy atom. The molecule has 0 saturated heterocycles. The summed E-state index contributed by atoms with van der Waals surface area (Å²) in [6.07, 6.45) is 2.64. The van der Waals surface area contributed by atoms with Crippen LogP contribution in [0, 0.1) is 0 Å². The van der Waals surface area contributed by atoms with Crippen LogP contribution in [-0.2, 0) is 39.6 Å². The van der Waals surface area contributed by atoms with Gasteiger partial charge in [0, 0.05) is 34.1 Å². The van der Waals surface area contributed by atoms with E-state index in [1.54, 1.807) is 0 Å². The standard InChI is InChI=1S/C13H12.2C5H5.2Fe/c1-2-6-11(5-1)13(9-10-13)12-7-3-4-8-12;2*1-2-4-5-3-1;;/h1-8H,9-10H2;2*1-5H;;/q-2;2*-1;;. The molecular weight excluding hydrogens is 388 g/mol. The van der Waals surface area contributed by atoms with Gasteiger partial charge >= 0.3 is 0 Å². The van der Waals surface area contributed by atoms with Crippen LogP contribution in [0.25, 0.3) is 0 Å². The first-order valence-electron chi connectivity index (χ1n) is 8.20. The molecule has 1 saturated carbocycles. The van der Waals surface area contributed by atoms with Crippen molar-refractivity contribution in [2.75, 3.05) is 0 Å². The molecule has 5 rings (SSSR count). The molecule has 0 unspecified atom stereocenters. The Kier molecular flexibility index (Phi) is 9.56. The maximum Gasteiger partial charge on any atom is 0 e. The van der Waals surface area contributed by atoms with Gasteiger partial charge in [-0.2, -0.15) is 71.8 Å². The Bertz CT molecular complexity index is 613. The third kappa shape index (κ3) is 6.03. The van der Waals surface area contributed by atoms with Crippen molar-refractivity contribution in [3.63, 3.8) is 0 Å². The van der Waals surface area contributed by atoms with E-state index in [2.05, 4.69) is 48.5 Å². The summed E-state index contributed by atoms with van der Waals surface area (Å²) in [7, 11) is 0. The van der Waals surface area contributed by atoms with Gasteiger partial charge in [-0.15, -0.1) is 0 Å². The topological polar surface area (TPSA) is 0 Å². The SMILES string of the molecule is [Fe].[Fe].c1cc[c-](C2([c-]3cccc3)CC2)c1.c1cc[cH-]c1.c1cc[cH-]c1. The van der Waals surface area contributed by atoms with Crippen LogP contribution in [0.15, 0.2) is 109 Å². The molecule has 0 radical (unpaired) electrons. The molecule has 0 bridgehead atoms. The maximum atomic E-state index is 2.25. The fourth-order valence-electron chi connectivity index (χ4n) is 2.90. The summed E-state index contributed by atoms with van der Waals surface area (Å²) in [5.74, 6) is 0. The van der Waals surface area contributed by atoms with Gasteiger partial charge in [0.25, 0.3) is 0 Å². The van der Waals surface area contributed by atoms with Crippen LogP contribution in [0.1, 0.15) is 24.0 Å². The first-order chi connectivity index (χ1) is 11.4. The van der Waals surface area contributed by atoms with Gasteiger partial charge in [-0.05, 0) is 0 Å². The second-order valence-electron chi connectivity index (χ2n) is 5.85. The van der Waals surface area contributed by atoms with Gasteiger partial charge in [0.05, 0.1) is 0 Å². The normalized spacial score (nSPS) is 13.0. The van der Waals surface area contributed by atoms with E-state index in [4.69, 9.17) is 0 Å². The smallest absolute Gasteiger partial charge is 0 e. The number of hydrogen-bond acceptors (Lipinski definition) is 0. The predicted octanol–water partition coefficient (Wildman–Crippen LogP) is 6.01. The van der Waals surface area contributed by atoms with Crippen molar-refractivity contribution < 1.29 is 34.1 Å². The van der Waals surface area contributed by atoms with Gasteiger partial charge < -0.3 is 0 Å². The average molecular weight is 410 g/mol. The van der Waals surface area contributed by atoms with E-state index < -0.39 is 0 Å². The summed E-state index contributed by atoms with van der Waals surface area (Å²) in [4.78, 5) is 0. The Labute approximate surface area is 172 Å². The summed E-state index contributed by atoms with van der Waals surface area (Å²) in [6, 6.07) is 37.5. The summed E-state index contributed by atoms with van der Waals surface area (Å²) >= 11 is 0.